The van der Waals surface area contributed by atoms with E-state index < -0.39 is 23.7 Å². The molecule has 23 heavy (non-hydrogen) atoms. The maximum Gasteiger partial charge on any atom is 0.251 e. The molecule has 120 valence electrons. The highest BCUT2D eigenvalue weighted by molar-refractivity contribution is 6.30. The monoisotopic (exact) mass is 336 g/mol. The number of amides is 2. The molecule has 1 unspecified atom stereocenters. The van der Waals surface area contributed by atoms with Crippen LogP contribution in [0.1, 0.15) is 28.4 Å². The normalized spacial score (nSPS) is 11.8. The molecule has 5 nitrogen and oxygen atoms in total. The third kappa shape index (κ3) is 4.51. The first-order chi connectivity index (χ1) is 10.9. The smallest absolute Gasteiger partial charge is 0.251 e. The number of rotatable bonds is 5. The molecular formula is C16H14ClFN2O3. The Bertz CT molecular complexity index is 735. The van der Waals surface area contributed by atoms with Gasteiger partial charge in [0.15, 0.2) is 0 Å². The predicted octanol–water partition coefficient (Wildman–Crippen LogP) is 2.64. The highest BCUT2D eigenvalue weighted by Gasteiger charge is 2.15. The van der Waals surface area contributed by atoms with Crippen LogP contribution in [0.3, 0.4) is 0 Å². The number of nitrogens with one attached hydrogen (secondary N) is 1. The fraction of sp³-hybridized carbons (Fsp3) is 0.125. The van der Waals surface area contributed by atoms with Crippen molar-refractivity contribution in [3.05, 3.63) is 64.4 Å². The van der Waals surface area contributed by atoms with E-state index in [1.165, 1.54) is 6.07 Å². The van der Waals surface area contributed by atoms with Gasteiger partial charge in [-0.3, -0.25) is 9.59 Å². The first-order valence-corrected chi connectivity index (χ1v) is 7.07. The van der Waals surface area contributed by atoms with Gasteiger partial charge in [-0.1, -0.05) is 23.7 Å². The Morgan fingerprint density at radius 1 is 1.22 bits per heavy atom. The van der Waals surface area contributed by atoms with E-state index in [1.54, 1.807) is 24.3 Å². The SMILES string of the molecule is NC(=O)c1cc(NC(=O)CC(O)c2ccc(Cl)cc2)ccc1F. The Hall–Kier alpha value is -2.44. The molecule has 0 aliphatic rings. The van der Waals surface area contributed by atoms with E-state index in [0.29, 0.717) is 10.6 Å². The van der Waals surface area contributed by atoms with Crippen LogP contribution in [0.25, 0.3) is 0 Å². The highest BCUT2D eigenvalue weighted by atomic mass is 35.5. The van der Waals surface area contributed by atoms with Crippen LogP contribution in [-0.4, -0.2) is 16.9 Å². The largest absolute Gasteiger partial charge is 0.388 e. The number of hydrogen-bond donors (Lipinski definition) is 3. The summed E-state index contributed by atoms with van der Waals surface area (Å²) in [6.45, 7) is 0. The molecule has 0 heterocycles. The van der Waals surface area contributed by atoms with Crippen LogP contribution in [0.2, 0.25) is 5.02 Å². The highest BCUT2D eigenvalue weighted by Crippen LogP contribution is 2.20. The molecule has 2 amide bonds. The van der Waals surface area contributed by atoms with E-state index in [4.69, 9.17) is 17.3 Å². The van der Waals surface area contributed by atoms with Gasteiger partial charge >= 0.3 is 0 Å². The molecule has 0 aliphatic heterocycles. The Labute approximate surface area is 136 Å². The molecule has 0 aromatic heterocycles. The number of aliphatic hydroxyl groups is 1. The molecule has 0 saturated heterocycles. The minimum absolute atomic E-state index is 0.203. The summed E-state index contributed by atoms with van der Waals surface area (Å²) < 4.78 is 13.4. The first kappa shape index (κ1) is 16.9. The number of nitrogens with two attached hydrogens (primary N) is 1. The third-order valence-corrected chi connectivity index (χ3v) is 3.40. The lowest BCUT2D eigenvalue weighted by molar-refractivity contribution is -0.118. The zero-order valence-electron chi connectivity index (χ0n) is 11.9. The van der Waals surface area contributed by atoms with Crippen molar-refractivity contribution in [3.63, 3.8) is 0 Å². The molecule has 0 fully saturated rings. The van der Waals surface area contributed by atoms with Gasteiger partial charge in [-0.25, -0.2) is 4.39 Å². The molecule has 2 aromatic rings. The maximum absolute atomic E-state index is 13.4. The standard InChI is InChI=1S/C16H14ClFN2O3/c17-10-3-1-9(2-4-10)14(21)8-15(22)20-11-5-6-13(18)12(7-11)16(19)23/h1-7,14,21H,8H2,(H2,19,23)(H,20,22). The maximum atomic E-state index is 13.4. The number of carbonyl (C=O) groups is 2. The van der Waals surface area contributed by atoms with E-state index in [-0.39, 0.29) is 17.7 Å². The average molecular weight is 337 g/mol. The Morgan fingerprint density at radius 3 is 2.48 bits per heavy atom. The number of aliphatic hydroxyl groups excluding tert-OH is 1. The number of benzene rings is 2. The molecular weight excluding hydrogens is 323 g/mol. The van der Waals surface area contributed by atoms with Crippen molar-refractivity contribution in [1.82, 2.24) is 0 Å². The molecule has 7 heteroatoms. The summed E-state index contributed by atoms with van der Waals surface area (Å²) in [6, 6.07) is 9.92. The molecule has 2 rings (SSSR count). The van der Waals surface area contributed by atoms with Gasteiger partial charge in [-0.05, 0) is 35.9 Å². The van der Waals surface area contributed by atoms with Gasteiger partial charge in [0.1, 0.15) is 5.82 Å². The minimum Gasteiger partial charge on any atom is -0.388 e. The Balaban J connectivity index is 2.03. The van der Waals surface area contributed by atoms with Gasteiger partial charge in [0.25, 0.3) is 5.91 Å². The summed E-state index contributed by atoms with van der Waals surface area (Å²) in [4.78, 5) is 23.0. The van der Waals surface area contributed by atoms with Crippen molar-refractivity contribution >= 4 is 29.1 Å². The van der Waals surface area contributed by atoms with Crippen LogP contribution in [0.4, 0.5) is 10.1 Å². The fourth-order valence-electron chi connectivity index (χ4n) is 1.98. The van der Waals surface area contributed by atoms with Crippen molar-refractivity contribution in [3.8, 4) is 0 Å². The van der Waals surface area contributed by atoms with E-state index >= 15 is 0 Å². The van der Waals surface area contributed by atoms with Crippen LogP contribution < -0.4 is 11.1 Å². The summed E-state index contributed by atoms with van der Waals surface area (Å²) in [5.74, 6) is -2.19. The Kier molecular flexibility index (Phi) is 5.31. The number of hydrogen-bond acceptors (Lipinski definition) is 3. The van der Waals surface area contributed by atoms with Crippen molar-refractivity contribution in [1.29, 1.82) is 0 Å². The Morgan fingerprint density at radius 2 is 1.87 bits per heavy atom. The summed E-state index contributed by atoms with van der Waals surface area (Å²) >= 11 is 5.75. The summed E-state index contributed by atoms with van der Waals surface area (Å²) in [5.41, 5.74) is 5.48. The quantitative estimate of drug-likeness (QED) is 0.783. The number of primary amides is 1. The fourth-order valence-corrected chi connectivity index (χ4v) is 2.11. The van der Waals surface area contributed by atoms with E-state index in [2.05, 4.69) is 5.32 Å². The summed E-state index contributed by atoms with van der Waals surface area (Å²) in [6.07, 6.45) is -1.21. The number of halogens is 2. The molecule has 2 aromatic carbocycles. The van der Waals surface area contributed by atoms with E-state index in [1.807, 2.05) is 0 Å². The van der Waals surface area contributed by atoms with Gasteiger partial charge < -0.3 is 16.2 Å². The lowest BCUT2D eigenvalue weighted by Crippen LogP contribution is -2.17. The lowest BCUT2D eigenvalue weighted by atomic mass is 10.1. The average Bonchev–Trinajstić information content (AvgIpc) is 2.49. The molecule has 0 aliphatic carbocycles. The van der Waals surface area contributed by atoms with Crippen LogP contribution in [0, 0.1) is 5.82 Å². The molecule has 1 atom stereocenters. The van der Waals surface area contributed by atoms with Crippen molar-refractivity contribution in [2.75, 3.05) is 5.32 Å². The second kappa shape index (κ2) is 7.21. The zero-order chi connectivity index (χ0) is 17.0. The minimum atomic E-state index is -1.01. The molecule has 4 N–H and O–H groups in total. The topological polar surface area (TPSA) is 92.4 Å². The van der Waals surface area contributed by atoms with Gasteiger partial charge in [0.2, 0.25) is 5.91 Å². The first-order valence-electron chi connectivity index (χ1n) is 6.69. The van der Waals surface area contributed by atoms with Gasteiger partial charge in [0.05, 0.1) is 18.1 Å². The predicted molar refractivity (Wildman–Crippen MR) is 84.6 cm³/mol. The van der Waals surface area contributed by atoms with Crippen molar-refractivity contribution in [2.24, 2.45) is 5.73 Å². The van der Waals surface area contributed by atoms with Crippen LogP contribution >= 0.6 is 11.6 Å². The lowest BCUT2D eigenvalue weighted by Gasteiger charge is -2.12. The molecule has 0 saturated carbocycles. The molecule has 0 radical (unpaired) electrons. The van der Waals surface area contributed by atoms with Crippen LogP contribution in [0.5, 0.6) is 0 Å². The number of anilines is 1. The molecule has 0 bridgehead atoms. The van der Waals surface area contributed by atoms with Crippen LogP contribution in [0.15, 0.2) is 42.5 Å². The zero-order valence-corrected chi connectivity index (χ0v) is 12.7. The second-order valence-electron chi connectivity index (χ2n) is 4.88. The molecule has 0 spiro atoms. The van der Waals surface area contributed by atoms with E-state index in [9.17, 15) is 19.1 Å². The third-order valence-electron chi connectivity index (χ3n) is 3.15. The summed E-state index contributed by atoms with van der Waals surface area (Å²) in [5, 5.41) is 13.0. The number of carbonyl (C=O) groups excluding carboxylic acids is 2. The second-order valence-corrected chi connectivity index (χ2v) is 5.31. The van der Waals surface area contributed by atoms with Crippen LogP contribution in [-0.2, 0) is 4.79 Å². The van der Waals surface area contributed by atoms with Crippen molar-refractivity contribution in [2.45, 2.75) is 12.5 Å². The summed E-state index contributed by atoms with van der Waals surface area (Å²) in [7, 11) is 0. The van der Waals surface area contributed by atoms with Gasteiger partial charge in [-0.15, -0.1) is 0 Å². The van der Waals surface area contributed by atoms with E-state index in [0.717, 1.165) is 12.1 Å². The van der Waals surface area contributed by atoms with Gasteiger partial charge in [-0.2, -0.15) is 0 Å². The van der Waals surface area contributed by atoms with Gasteiger partial charge in [0, 0.05) is 10.7 Å². The van der Waals surface area contributed by atoms with Crippen molar-refractivity contribution < 1.29 is 19.1 Å².